The summed E-state index contributed by atoms with van der Waals surface area (Å²) in [5, 5.41) is 2.88. The van der Waals surface area contributed by atoms with E-state index in [1.165, 1.54) is 18.3 Å². The summed E-state index contributed by atoms with van der Waals surface area (Å²) < 4.78 is 52.3. The molecule has 1 unspecified atom stereocenters. The molecule has 0 saturated heterocycles. The first-order valence-electron chi connectivity index (χ1n) is 11.1. The molecule has 2 aromatic carbocycles. The smallest absolute Gasteiger partial charge is 0.356 e. The fourth-order valence-corrected chi connectivity index (χ4v) is 3.79. The van der Waals surface area contributed by atoms with Crippen LogP contribution in [0.25, 0.3) is 0 Å². The Morgan fingerprint density at radius 3 is 2.41 bits per heavy atom. The van der Waals surface area contributed by atoms with Crippen LogP contribution in [0.4, 0.5) is 23.2 Å². The van der Waals surface area contributed by atoms with Gasteiger partial charge in [-0.05, 0) is 67.6 Å². The molecule has 0 fully saturated rings. The van der Waals surface area contributed by atoms with Crippen molar-refractivity contribution in [2.75, 3.05) is 18.0 Å². The lowest BCUT2D eigenvalue weighted by Gasteiger charge is -2.33. The molecule has 0 radical (unpaired) electrons. The number of rotatable bonds is 9. The van der Waals surface area contributed by atoms with Gasteiger partial charge in [-0.1, -0.05) is 36.4 Å². The van der Waals surface area contributed by atoms with Gasteiger partial charge in [-0.15, -0.1) is 0 Å². The molecule has 1 heterocycles. The number of alkyl halides is 3. The zero-order valence-electron chi connectivity index (χ0n) is 19.1. The van der Waals surface area contributed by atoms with Gasteiger partial charge in [0.05, 0.1) is 0 Å². The molecule has 0 saturated carbocycles. The quantitative estimate of drug-likeness (QED) is 0.396. The third-order valence-corrected chi connectivity index (χ3v) is 5.48. The van der Waals surface area contributed by atoms with Gasteiger partial charge in [0.1, 0.15) is 17.6 Å². The molecule has 4 nitrogen and oxygen atoms in total. The van der Waals surface area contributed by atoms with E-state index in [0.717, 1.165) is 11.6 Å². The van der Waals surface area contributed by atoms with Crippen molar-refractivity contribution >= 4 is 11.6 Å². The van der Waals surface area contributed by atoms with Gasteiger partial charge in [-0.3, -0.25) is 9.78 Å². The van der Waals surface area contributed by atoms with Crippen LogP contribution in [0, 0.1) is 12.7 Å². The minimum atomic E-state index is -4.48. The average molecular weight is 474 g/mol. The second-order valence-electron chi connectivity index (χ2n) is 7.99. The Bertz CT molecular complexity index is 1090. The Hall–Kier alpha value is -3.42. The molecular formula is C26H27F4N3O. The number of anilines is 1. The molecule has 0 aliphatic carbocycles. The van der Waals surface area contributed by atoms with Crippen LogP contribution >= 0.6 is 0 Å². The molecule has 3 rings (SSSR count). The van der Waals surface area contributed by atoms with Crippen LogP contribution in [-0.4, -0.2) is 24.0 Å². The number of benzene rings is 2. The van der Waals surface area contributed by atoms with E-state index in [9.17, 15) is 22.4 Å². The molecule has 3 aromatic rings. The van der Waals surface area contributed by atoms with Gasteiger partial charge < -0.3 is 10.2 Å². The molecule has 180 valence electrons. The summed E-state index contributed by atoms with van der Waals surface area (Å²) in [5.74, 6) is -0.527. The maximum atomic E-state index is 14.0. The first-order chi connectivity index (χ1) is 16.2. The molecular weight excluding hydrogens is 446 g/mol. The highest BCUT2D eigenvalue weighted by Gasteiger charge is 2.32. The van der Waals surface area contributed by atoms with E-state index in [-0.39, 0.29) is 11.7 Å². The van der Waals surface area contributed by atoms with Crippen molar-refractivity contribution in [2.45, 2.75) is 38.9 Å². The monoisotopic (exact) mass is 473 g/mol. The maximum absolute atomic E-state index is 14.0. The number of hydrogen-bond donors (Lipinski definition) is 1. The van der Waals surface area contributed by atoms with Crippen molar-refractivity contribution < 1.29 is 22.4 Å². The Morgan fingerprint density at radius 1 is 1.09 bits per heavy atom. The molecule has 1 amide bonds. The number of carbonyl (C=O) groups is 1. The van der Waals surface area contributed by atoms with Crippen LogP contribution in [0.3, 0.4) is 0 Å². The standard InChI is InChI=1S/C26H27F4N3O/c1-3-31-25(34)24(20-9-5-4-6-10-20)33(21-12-13-22(27)18(2)16-21)15-7-8-19-11-14-23(32-17-19)26(28,29)30/h4-6,9-14,16-17,24H,3,7-8,15H2,1-2H3,(H,31,34). The van der Waals surface area contributed by atoms with E-state index in [1.54, 1.807) is 19.1 Å². The van der Waals surface area contributed by atoms with Gasteiger partial charge in [0, 0.05) is 25.0 Å². The lowest BCUT2D eigenvalue weighted by molar-refractivity contribution is -0.141. The first-order valence-corrected chi connectivity index (χ1v) is 11.1. The summed E-state index contributed by atoms with van der Waals surface area (Å²) >= 11 is 0. The summed E-state index contributed by atoms with van der Waals surface area (Å²) in [6, 6.07) is 15.7. The number of pyridine rings is 1. The highest BCUT2D eigenvalue weighted by Crippen LogP contribution is 2.30. The van der Waals surface area contributed by atoms with Gasteiger partial charge in [0.2, 0.25) is 5.91 Å². The van der Waals surface area contributed by atoms with Gasteiger partial charge in [-0.25, -0.2) is 4.39 Å². The minimum Gasteiger partial charge on any atom is -0.356 e. The number of aromatic nitrogens is 1. The molecule has 1 aromatic heterocycles. The van der Waals surface area contributed by atoms with E-state index in [4.69, 9.17) is 0 Å². The number of nitrogens with one attached hydrogen (secondary N) is 1. The molecule has 0 bridgehead atoms. The fourth-order valence-electron chi connectivity index (χ4n) is 3.79. The number of carbonyl (C=O) groups excluding carboxylic acids is 1. The second kappa shape index (κ2) is 11.1. The molecule has 0 aliphatic rings. The minimum absolute atomic E-state index is 0.188. The molecule has 8 heteroatoms. The van der Waals surface area contributed by atoms with E-state index >= 15 is 0 Å². The van der Waals surface area contributed by atoms with Gasteiger partial charge >= 0.3 is 6.18 Å². The normalized spacial score (nSPS) is 12.3. The van der Waals surface area contributed by atoms with Crippen molar-refractivity contribution in [1.82, 2.24) is 10.3 Å². The van der Waals surface area contributed by atoms with Crippen LogP contribution < -0.4 is 10.2 Å². The van der Waals surface area contributed by atoms with Crippen molar-refractivity contribution in [3.63, 3.8) is 0 Å². The summed E-state index contributed by atoms with van der Waals surface area (Å²) in [7, 11) is 0. The molecule has 1 N–H and O–H groups in total. The lowest BCUT2D eigenvalue weighted by atomic mass is 10.0. The summed E-state index contributed by atoms with van der Waals surface area (Å²) in [5.41, 5.74) is 1.66. The fraction of sp³-hybridized carbons (Fsp3) is 0.308. The Balaban J connectivity index is 1.88. The number of likely N-dealkylation sites (N-methyl/N-ethyl adjacent to an activating group) is 1. The van der Waals surface area contributed by atoms with Crippen molar-refractivity contribution in [2.24, 2.45) is 0 Å². The first kappa shape index (κ1) is 25.2. The highest BCUT2D eigenvalue weighted by atomic mass is 19.4. The number of aryl methyl sites for hydroxylation is 2. The van der Waals surface area contributed by atoms with E-state index in [2.05, 4.69) is 10.3 Å². The Labute approximate surface area is 196 Å². The number of hydrogen-bond acceptors (Lipinski definition) is 3. The Kier molecular flexibility index (Phi) is 8.26. The predicted octanol–water partition coefficient (Wildman–Crippen LogP) is 5.86. The zero-order chi connectivity index (χ0) is 24.7. The van der Waals surface area contributed by atoms with E-state index in [0.29, 0.717) is 42.7 Å². The van der Waals surface area contributed by atoms with Crippen molar-refractivity contribution in [3.05, 3.63) is 95.1 Å². The maximum Gasteiger partial charge on any atom is 0.433 e. The van der Waals surface area contributed by atoms with Crippen LogP contribution in [0.15, 0.2) is 66.9 Å². The van der Waals surface area contributed by atoms with Gasteiger partial charge in [0.25, 0.3) is 0 Å². The molecule has 0 aliphatic heterocycles. The van der Waals surface area contributed by atoms with E-state index in [1.807, 2.05) is 42.2 Å². The molecule has 1 atom stereocenters. The molecule has 34 heavy (non-hydrogen) atoms. The number of halogens is 4. The number of nitrogens with zero attached hydrogens (tertiary/aromatic N) is 2. The molecule has 0 spiro atoms. The second-order valence-corrected chi connectivity index (χ2v) is 7.99. The SMILES string of the molecule is CCNC(=O)C(c1ccccc1)N(CCCc1ccc(C(F)(F)F)nc1)c1ccc(F)c(C)c1. The zero-order valence-corrected chi connectivity index (χ0v) is 19.1. The van der Waals surface area contributed by atoms with Crippen LogP contribution in [0.1, 0.15) is 41.8 Å². The van der Waals surface area contributed by atoms with Crippen LogP contribution in [0.2, 0.25) is 0 Å². The van der Waals surface area contributed by atoms with Crippen LogP contribution in [0.5, 0.6) is 0 Å². The topological polar surface area (TPSA) is 45.2 Å². The predicted molar refractivity (Wildman–Crippen MR) is 124 cm³/mol. The van der Waals surface area contributed by atoms with Crippen molar-refractivity contribution in [3.8, 4) is 0 Å². The largest absolute Gasteiger partial charge is 0.433 e. The Morgan fingerprint density at radius 2 is 1.82 bits per heavy atom. The van der Waals surface area contributed by atoms with Crippen LogP contribution in [-0.2, 0) is 17.4 Å². The summed E-state index contributed by atoms with van der Waals surface area (Å²) in [4.78, 5) is 18.6. The number of amides is 1. The average Bonchev–Trinajstić information content (AvgIpc) is 2.81. The lowest BCUT2D eigenvalue weighted by Crippen LogP contribution is -2.41. The van der Waals surface area contributed by atoms with Crippen molar-refractivity contribution in [1.29, 1.82) is 0 Å². The summed E-state index contributed by atoms with van der Waals surface area (Å²) in [6.45, 7) is 4.37. The van der Waals surface area contributed by atoms with E-state index < -0.39 is 17.9 Å². The highest BCUT2D eigenvalue weighted by molar-refractivity contribution is 5.86. The van der Waals surface area contributed by atoms with Gasteiger partial charge in [-0.2, -0.15) is 13.2 Å². The third-order valence-electron chi connectivity index (χ3n) is 5.48. The summed E-state index contributed by atoms with van der Waals surface area (Å²) in [6.07, 6.45) is -2.23. The van der Waals surface area contributed by atoms with Gasteiger partial charge in [0.15, 0.2) is 0 Å². The third kappa shape index (κ3) is 6.34.